The van der Waals surface area contributed by atoms with Gasteiger partial charge >= 0.3 is 0 Å². The van der Waals surface area contributed by atoms with Gasteiger partial charge in [-0.15, -0.1) is 0 Å². The first-order valence-corrected chi connectivity index (χ1v) is 11.7. The molecule has 1 fully saturated rings. The summed E-state index contributed by atoms with van der Waals surface area (Å²) >= 11 is 1.50. The van der Waals surface area contributed by atoms with Crippen LogP contribution in [0.2, 0.25) is 0 Å². The van der Waals surface area contributed by atoms with Gasteiger partial charge in [0.15, 0.2) is 5.17 Å². The summed E-state index contributed by atoms with van der Waals surface area (Å²) < 4.78 is 5.45. The van der Waals surface area contributed by atoms with Gasteiger partial charge in [-0.25, -0.2) is 4.99 Å². The smallest absolute Gasteiger partial charge is 0.234 e. The van der Waals surface area contributed by atoms with E-state index in [1.54, 1.807) is 0 Å². The highest BCUT2D eigenvalue weighted by molar-refractivity contribution is 8.14. The minimum atomic E-state index is -0.0398. The van der Waals surface area contributed by atoms with Crippen LogP contribution in [0.4, 0.5) is 11.4 Å². The van der Waals surface area contributed by atoms with E-state index < -0.39 is 0 Å². The summed E-state index contributed by atoms with van der Waals surface area (Å²) in [6, 6.07) is 17.9. The Morgan fingerprint density at radius 3 is 2.47 bits per heavy atom. The summed E-state index contributed by atoms with van der Waals surface area (Å²) in [5.41, 5.74) is 1.68. The molecule has 0 aliphatic heterocycles. The van der Waals surface area contributed by atoms with Gasteiger partial charge in [-0.2, -0.15) is 0 Å². The van der Waals surface area contributed by atoms with Gasteiger partial charge in [0.2, 0.25) is 5.91 Å². The second-order valence-electron chi connectivity index (χ2n) is 7.43. The maximum Gasteiger partial charge on any atom is 0.234 e. The lowest BCUT2D eigenvalue weighted by Gasteiger charge is -2.33. The molecule has 1 N–H and O–H groups in total. The zero-order chi connectivity index (χ0) is 21.2. The van der Waals surface area contributed by atoms with Gasteiger partial charge in [0.1, 0.15) is 5.75 Å². The number of aliphatic imine (C=N–C) groups is 1. The minimum absolute atomic E-state index is 0.0398. The molecule has 0 spiro atoms. The molecule has 2 aromatic carbocycles. The molecule has 5 nitrogen and oxygen atoms in total. The van der Waals surface area contributed by atoms with Crippen LogP contribution in [0, 0.1) is 0 Å². The average Bonchev–Trinajstić information content (AvgIpc) is 2.79. The first-order valence-electron chi connectivity index (χ1n) is 10.7. The molecule has 30 heavy (non-hydrogen) atoms. The third kappa shape index (κ3) is 6.80. The largest absolute Gasteiger partial charge is 0.494 e. The Labute approximate surface area is 183 Å². The van der Waals surface area contributed by atoms with E-state index in [-0.39, 0.29) is 5.91 Å². The number of carbonyl (C=O) groups excluding carboxylic acids is 1. The highest BCUT2D eigenvalue weighted by Crippen LogP contribution is 2.26. The number of carbonyl (C=O) groups is 1. The first kappa shape index (κ1) is 22.2. The van der Waals surface area contributed by atoms with Gasteiger partial charge in [-0.1, -0.05) is 49.2 Å². The van der Waals surface area contributed by atoms with Crippen molar-refractivity contribution in [1.29, 1.82) is 0 Å². The second-order valence-corrected chi connectivity index (χ2v) is 8.37. The van der Waals surface area contributed by atoms with Crippen LogP contribution in [0.5, 0.6) is 5.75 Å². The summed E-state index contributed by atoms with van der Waals surface area (Å²) in [5.74, 6) is 1.08. The third-order valence-electron chi connectivity index (χ3n) is 5.19. The van der Waals surface area contributed by atoms with Crippen LogP contribution in [0.25, 0.3) is 0 Å². The van der Waals surface area contributed by atoms with Gasteiger partial charge in [0, 0.05) is 18.8 Å². The predicted octanol–water partition coefficient (Wildman–Crippen LogP) is 5.71. The van der Waals surface area contributed by atoms with E-state index in [9.17, 15) is 4.79 Å². The number of ether oxygens (including phenoxy) is 1. The van der Waals surface area contributed by atoms with Crippen molar-refractivity contribution in [2.45, 2.75) is 45.1 Å². The van der Waals surface area contributed by atoms with Gasteiger partial charge in [0.25, 0.3) is 0 Å². The number of benzene rings is 2. The lowest BCUT2D eigenvalue weighted by Crippen LogP contribution is -2.37. The number of hydrogen-bond acceptors (Lipinski definition) is 4. The van der Waals surface area contributed by atoms with Crippen LogP contribution >= 0.6 is 11.8 Å². The van der Waals surface area contributed by atoms with Crippen LogP contribution in [0.1, 0.15) is 39.0 Å². The van der Waals surface area contributed by atoms with Crippen LogP contribution in [-0.2, 0) is 4.79 Å². The Balaban J connectivity index is 1.63. The van der Waals surface area contributed by atoms with Crippen molar-refractivity contribution in [2.24, 2.45) is 4.99 Å². The number of amidine groups is 1. The van der Waals surface area contributed by atoms with Crippen LogP contribution in [0.3, 0.4) is 0 Å². The van der Waals surface area contributed by atoms with E-state index in [4.69, 9.17) is 9.73 Å². The highest BCUT2D eigenvalue weighted by Gasteiger charge is 2.22. The summed E-state index contributed by atoms with van der Waals surface area (Å²) in [4.78, 5) is 19.7. The van der Waals surface area contributed by atoms with Gasteiger partial charge < -0.3 is 15.0 Å². The molecule has 0 atom stereocenters. The van der Waals surface area contributed by atoms with Crippen molar-refractivity contribution in [3.8, 4) is 5.75 Å². The highest BCUT2D eigenvalue weighted by atomic mass is 32.2. The van der Waals surface area contributed by atoms with Crippen molar-refractivity contribution < 1.29 is 9.53 Å². The molecular formula is C24H31N3O2S. The number of thioether (sulfide) groups is 1. The number of hydrogen-bond donors (Lipinski definition) is 1. The molecule has 2 aromatic rings. The maximum atomic E-state index is 12.5. The maximum absolute atomic E-state index is 12.5. The third-order valence-corrected chi connectivity index (χ3v) is 6.23. The Bertz CT molecular complexity index is 818. The van der Waals surface area contributed by atoms with Gasteiger partial charge in [0.05, 0.1) is 18.0 Å². The van der Waals surface area contributed by atoms with Crippen LogP contribution < -0.4 is 10.1 Å². The molecular weight excluding hydrogens is 394 g/mol. The van der Waals surface area contributed by atoms with Gasteiger partial charge in [-0.05, 0) is 56.2 Å². The molecule has 1 aliphatic rings. The van der Waals surface area contributed by atoms with Crippen molar-refractivity contribution in [3.05, 3.63) is 54.6 Å². The van der Waals surface area contributed by atoms with E-state index in [1.165, 1.54) is 43.9 Å². The van der Waals surface area contributed by atoms with Gasteiger partial charge in [-0.3, -0.25) is 4.79 Å². The lowest BCUT2D eigenvalue weighted by atomic mass is 9.95. The molecule has 0 aromatic heterocycles. The zero-order valence-corrected chi connectivity index (χ0v) is 18.7. The summed E-state index contributed by atoms with van der Waals surface area (Å²) in [7, 11) is 2.11. The number of amides is 1. The van der Waals surface area contributed by atoms with E-state index in [0.29, 0.717) is 18.4 Å². The number of nitrogens with one attached hydrogen (secondary N) is 1. The topological polar surface area (TPSA) is 53.9 Å². The average molecular weight is 426 g/mol. The lowest BCUT2D eigenvalue weighted by molar-refractivity contribution is -0.113. The zero-order valence-electron chi connectivity index (χ0n) is 17.8. The van der Waals surface area contributed by atoms with E-state index in [2.05, 4.69) is 17.3 Å². The number of para-hydroxylation sites is 1. The van der Waals surface area contributed by atoms with E-state index >= 15 is 0 Å². The number of rotatable bonds is 7. The predicted molar refractivity (Wildman–Crippen MR) is 127 cm³/mol. The molecule has 0 radical (unpaired) electrons. The Kier molecular flexibility index (Phi) is 8.63. The Morgan fingerprint density at radius 2 is 1.80 bits per heavy atom. The van der Waals surface area contributed by atoms with Crippen molar-refractivity contribution in [2.75, 3.05) is 24.7 Å². The molecule has 1 amide bonds. The molecule has 3 rings (SSSR count). The monoisotopic (exact) mass is 425 g/mol. The van der Waals surface area contributed by atoms with E-state index in [1.807, 2.05) is 61.5 Å². The SMILES string of the molecule is CCOc1ccc(NC(=O)CSC(=Nc2ccccc2)N(C)C2CCCCC2)cc1. The van der Waals surface area contributed by atoms with Crippen molar-refractivity contribution in [1.82, 2.24) is 4.90 Å². The van der Waals surface area contributed by atoms with Crippen LogP contribution in [-0.4, -0.2) is 41.4 Å². The first-order chi connectivity index (χ1) is 14.7. The standard InChI is InChI=1S/C24H31N3O2S/c1-3-29-22-16-14-20(15-17-22)25-23(28)18-30-24(26-19-10-6-4-7-11-19)27(2)21-12-8-5-9-13-21/h4,6-7,10-11,14-17,21H,3,5,8-9,12-13,18H2,1-2H3,(H,25,28). The fourth-order valence-electron chi connectivity index (χ4n) is 3.58. The summed E-state index contributed by atoms with van der Waals surface area (Å²) in [6.07, 6.45) is 6.20. The molecule has 1 saturated carbocycles. The fourth-order valence-corrected chi connectivity index (χ4v) is 4.43. The normalized spacial score (nSPS) is 14.9. The van der Waals surface area contributed by atoms with Crippen LogP contribution in [0.15, 0.2) is 59.6 Å². The van der Waals surface area contributed by atoms with Crippen molar-refractivity contribution >= 4 is 34.2 Å². The fraction of sp³-hybridized carbons (Fsp3) is 0.417. The summed E-state index contributed by atoms with van der Waals surface area (Å²) in [5, 5.41) is 3.86. The quantitative estimate of drug-likeness (QED) is 0.456. The molecule has 0 heterocycles. The molecule has 0 saturated heterocycles. The van der Waals surface area contributed by atoms with E-state index in [0.717, 1.165) is 22.3 Å². The number of nitrogens with zero attached hydrogens (tertiary/aromatic N) is 2. The second kappa shape index (κ2) is 11.6. The molecule has 0 unspecified atom stereocenters. The van der Waals surface area contributed by atoms with Crippen molar-refractivity contribution in [3.63, 3.8) is 0 Å². The molecule has 0 bridgehead atoms. The number of anilines is 1. The Hall–Kier alpha value is -2.47. The molecule has 6 heteroatoms. The Morgan fingerprint density at radius 1 is 1.10 bits per heavy atom. The summed E-state index contributed by atoms with van der Waals surface area (Å²) in [6.45, 7) is 2.58. The minimum Gasteiger partial charge on any atom is -0.494 e. The molecule has 1 aliphatic carbocycles. The molecule has 160 valence electrons.